The van der Waals surface area contributed by atoms with E-state index in [2.05, 4.69) is 22.4 Å². The topological polar surface area (TPSA) is 51.0 Å². The first-order valence-corrected chi connectivity index (χ1v) is 8.92. The number of rotatable bonds is 6. The number of nitrogens with zero attached hydrogens (tertiary/aromatic N) is 4. The second-order valence-electron chi connectivity index (χ2n) is 6.79. The zero-order valence-corrected chi connectivity index (χ0v) is 14.4. The molecule has 128 valence electrons. The van der Waals surface area contributed by atoms with Crippen LogP contribution >= 0.6 is 0 Å². The van der Waals surface area contributed by atoms with Crippen LogP contribution in [0, 0.1) is 5.92 Å². The normalized spacial score (nSPS) is 15.4. The second kappa shape index (κ2) is 8.08. The zero-order valence-electron chi connectivity index (χ0n) is 14.4. The highest BCUT2D eigenvalue weighted by atomic mass is 16.2. The van der Waals surface area contributed by atoms with Gasteiger partial charge in [-0.15, -0.1) is 5.10 Å². The lowest BCUT2D eigenvalue weighted by atomic mass is 9.89. The van der Waals surface area contributed by atoms with Crippen LogP contribution in [0.4, 0.5) is 0 Å². The number of benzene rings is 1. The van der Waals surface area contributed by atoms with Crippen molar-refractivity contribution in [3.05, 3.63) is 47.8 Å². The predicted octanol–water partition coefficient (Wildman–Crippen LogP) is 3.17. The van der Waals surface area contributed by atoms with Crippen molar-refractivity contribution in [2.24, 2.45) is 5.92 Å². The number of carbonyl (C=O) groups is 1. The summed E-state index contributed by atoms with van der Waals surface area (Å²) >= 11 is 0. The van der Waals surface area contributed by atoms with Crippen molar-refractivity contribution >= 4 is 5.91 Å². The third-order valence-electron chi connectivity index (χ3n) is 4.85. The summed E-state index contributed by atoms with van der Waals surface area (Å²) in [6.07, 6.45) is 9.15. The van der Waals surface area contributed by atoms with E-state index in [1.54, 1.807) is 11.1 Å². The van der Waals surface area contributed by atoms with Crippen molar-refractivity contribution in [1.82, 2.24) is 19.9 Å². The van der Waals surface area contributed by atoms with Crippen LogP contribution in [0.5, 0.6) is 0 Å². The summed E-state index contributed by atoms with van der Waals surface area (Å²) in [6, 6.07) is 10.2. The molecule has 0 spiro atoms. The second-order valence-corrected chi connectivity index (χ2v) is 6.79. The Hall–Kier alpha value is -2.17. The summed E-state index contributed by atoms with van der Waals surface area (Å²) in [5, 5.41) is 8.23. The summed E-state index contributed by atoms with van der Waals surface area (Å²) < 4.78 is 1.84. The number of hydrogen-bond acceptors (Lipinski definition) is 3. The molecule has 0 radical (unpaired) electrons. The molecule has 0 saturated heterocycles. The van der Waals surface area contributed by atoms with Crippen molar-refractivity contribution < 1.29 is 4.79 Å². The third kappa shape index (κ3) is 4.43. The largest absolute Gasteiger partial charge is 0.340 e. The molecule has 24 heavy (non-hydrogen) atoms. The fourth-order valence-corrected chi connectivity index (χ4v) is 3.36. The maximum atomic E-state index is 12.5. The van der Waals surface area contributed by atoms with Gasteiger partial charge in [0.05, 0.1) is 6.20 Å². The van der Waals surface area contributed by atoms with Crippen molar-refractivity contribution in [2.75, 3.05) is 13.6 Å². The van der Waals surface area contributed by atoms with Crippen LogP contribution < -0.4 is 0 Å². The van der Waals surface area contributed by atoms with E-state index in [1.165, 1.54) is 37.7 Å². The Morgan fingerprint density at radius 1 is 1.21 bits per heavy atom. The summed E-state index contributed by atoms with van der Waals surface area (Å²) in [6.45, 7) is 1.56. The van der Waals surface area contributed by atoms with Crippen LogP contribution in [0.15, 0.2) is 36.5 Å². The molecule has 1 saturated carbocycles. The lowest BCUT2D eigenvalue weighted by molar-refractivity contribution is 0.0790. The molecule has 5 heteroatoms. The van der Waals surface area contributed by atoms with Crippen LogP contribution in [-0.2, 0) is 13.0 Å². The fraction of sp³-hybridized carbons (Fsp3) is 0.526. The van der Waals surface area contributed by atoms with Crippen molar-refractivity contribution in [3.8, 4) is 0 Å². The minimum atomic E-state index is -0.0548. The van der Waals surface area contributed by atoms with Gasteiger partial charge in [0.15, 0.2) is 5.69 Å². The molecule has 0 aliphatic heterocycles. The van der Waals surface area contributed by atoms with E-state index in [0.29, 0.717) is 18.2 Å². The van der Waals surface area contributed by atoms with E-state index in [-0.39, 0.29) is 5.91 Å². The molecule has 1 aromatic carbocycles. The van der Waals surface area contributed by atoms with Crippen LogP contribution in [0.2, 0.25) is 0 Å². The molecule has 1 aromatic heterocycles. The summed E-state index contributed by atoms with van der Waals surface area (Å²) in [5.41, 5.74) is 1.68. The van der Waals surface area contributed by atoms with Crippen LogP contribution in [0.25, 0.3) is 0 Å². The van der Waals surface area contributed by atoms with E-state index in [1.807, 2.05) is 29.9 Å². The average Bonchev–Trinajstić information content (AvgIpc) is 3.09. The van der Waals surface area contributed by atoms with Gasteiger partial charge in [0.25, 0.3) is 5.91 Å². The molecule has 1 amide bonds. The molecule has 0 atom stereocenters. The molecule has 0 bridgehead atoms. The number of likely N-dealkylation sites (N-methyl/N-ethyl adjacent to an activating group) is 1. The quantitative estimate of drug-likeness (QED) is 0.819. The van der Waals surface area contributed by atoms with Gasteiger partial charge in [-0.1, -0.05) is 54.8 Å². The van der Waals surface area contributed by atoms with Gasteiger partial charge in [0, 0.05) is 20.1 Å². The molecule has 2 aromatic rings. The van der Waals surface area contributed by atoms with Gasteiger partial charge >= 0.3 is 0 Å². The first-order chi connectivity index (χ1) is 11.7. The molecule has 1 aliphatic rings. The van der Waals surface area contributed by atoms with E-state index in [4.69, 9.17) is 0 Å². The maximum absolute atomic E-state index is 12.5. The number of aromatic nitrogens is 3. The molecular formula is C19H26N4O. The molecule has 0 unspecified atom stereocenters. The predicted molar refractivity (Wildman–Crippen MR) is 93.7 cm³/mol. The average molecular weight is 326 g/mol. The summed E-state index contributed by atoms with van der Waals surface area (Å²) in [4.78, 5) is 14.2. The Labute approximate surface area is 143 Å². The first-order valence-electron chi connectivity index (χ1n) is 8.92. The minimum Gasteiger partial charge on any atom is -0.340 e. The van der Waals surface area contributed by atoms with Crippen molar-refractivity contribution in [2.45, 2.75) is 45.1 Å². The van der Waals surface area contributed by atoms with E-state index in [0.717, 1.165) is 13.0 Å². The van der Waals surface area contributed by atoms with Gasteiger partial charge in [-0.25, -0.2) is 0 Å². The van der Waals surface area contributed by atoms with Gasteiger partial charge in [-0.2, -0.15) is 0 Å². The van der Waals surface area contributed by atoms with E-state index < -0.39 is 0 Å². The van der Waals surface area contributed by atoms with Crippen LogP contribution in [0.1, 0.15) is 48.2 Å². The van der Waals surface area contributed by atoms with Gasteiger partial charge in [0.1, 0.15) is 0 Å². The maximum Gasteiger partial charge on any atom is 0.275 e. The van der Waals surface area contributed by atoms with Crippen LogP contribution in [0.3, 0.4) is 0 Å². The smallest absolute Gasteiger partial charge is 0.275 e. The Balaban J connectivity index is 1.52. The number of amides is 1. The Kier molecular flexibility index (Phi) is 5.62. The number of carbonyl (C=O) groups excluding carboxylic acids is 1. The molecule has 5 nitrogen and oxygen atoms in total. The molecule has 3 rings (SSSR count). The van der Waals surface area contributed by atoms with Crippen LogP contribution in [-0.4, -0.2) is 39.4 Å². The fourth-order valence-electron chi connectivity index (χ4n) is 3.36. The van der Waals surface area contributed by atoms with Gasteiger partial charge < -0.3 is 4.90 Å². The number of hydrogen-bond donors (Lipinski definition) is 0. The Bertz CT molecular complexity index is 646. The first kappa shape index (κ1) is 16.7. The zero-order chi connectivity index (χ0) is 16.8. The molecule has 1 heterocycles. The van der Waals surface area contributed by atoms with Gasteiger partial charge in [-0.3, -0.25) is 9.48 Å². The lowest BCUT2D eigenvalue weighted by Gasteiger charge is -2.20. The highest BCUT2D eigenvalue weighted by Gasteiger charge is 2.18. The summed E-state index contributed by atoms with van der Waals surface area (Å²) in [7, 11) is 1.82. The van der Waals surface area contributed by atoms with E-state index >= 15 is 0 Å². The Morgan fingerprint density at radius 2 is 1.96 bits per heavy atom. The molecule has 0 N–H and O–H groups in total. The van der Waals surface area contributed by atoms with Gasteiger partial charge in [-0.05, 0) is 30.7 Å². The van der Waals surface area contributed by atoms with Crippen molar-refractivity contribution in [1.29, 1.82) is 0 Å². The van der Waals surface area contributed by atoms with Gasteiger partial charge in [0.2, 0.25) is 0 Å². The highest BCUT2D eigenvalue weighted by molar-refractivity contribution is 5.91. The highest BCUT2D eigenvalue weighted by Crippen LogP contribution is 2.24. The Morgan fingerprint density at radius 3 is 2.71 bits per heavy atom. The third-order valence-corrected chi connectivity index (χ3v) is 4.85. The minimum absolute atomic E-state index is 0.0548. The molecular weight excluding hydrogens is 300 g/mol. The molecule has 1 aliphatic carbocycles. The van der Waals surface area contributed by atoms with Crippen molar-refractivity contribution in [3.63, 3.8) is 0 Å². The SMILES string of the molecule is CN(CCc1ccccc1)C(=O)c1cn(CC2CCCCC2)nn1. The molecule has 1 fully saturated rings. The standard InChI is InChI=1S/C19H26N4O/c1-22(13-12-16-8-4-2-5-9-16)19(24)18-15-23(21-20-18)14-17-10-6-3-7-11-17/h2,4-5,8-9,15,17H,3,6-7,10-14H2,1H3. The lowest BCUT2D eigenvalue weighted by Crippen LogP contribution is -2.29. The van der Waals surface area contributed by atoms with E-state index in [9.17, 15) is 4.79 Å². The monoisotopic (exact) mass is 326 g/mol. The summed E-state index contributed by atoms with van der Waals surface area (Å²) in [5.74, 6) is 0.625.